The van der Waals surface area contributed by atoms with Crippen molar-refractivity contribution < 1.29 is 4.79 Å². The number of aromatic nitrogens is 3. The smallest absolute Gasteiger partial charge is 0.234 e. The van der Waals surface area contributed by atoms with E-state index < -0.39 is 0 Å². The van der Waals surface area contributed by atoms with Crippen molar-refractivity contribution in [3.05, 3.63) is 58.6 Å². The number of nitrogens with zero attached hydrogens (tertiary/aromatic N) is 3. The number of aryl methyl sites for hydroxylation is 1. The standard InChI is InChI=1S/C22H25ClN4OS/c1-14-12-17(23)10-11-18(14)24-19(28)13-29-21-26-25-20(27(21)5)15-6-8-16(9-7-15)22(2,3)4/h6-12H,13H2,1-5H3,(H,24,28). The number of rotatable bonds is 5. The minimum absolute atomic E-state index is 0.0977. The summed E-state index contributed by atoms with van der Waals surface area (Å²) >= 11 is 7.32. The van der Waals surface area contributed by atoms with Crippen LogP contribution in [-0.2, 0) is 17.3 Å². The number of carbonyl (C=O) groups is 1. The van der Waals surface area contributed by atoms with E-state index in [0.29, 0.717) is 10.2 Å². The summed E-state index contributed by atoms with van der Waals surface area (Å²) in [6.45, 7) is 8.48. The number of thioether (sulfide) groups is 1. The summed E-state index contributed by atoms with van der Waals surface area (Å²) < 4.78 is 1.91. The van der Waals surface area contributed by atoms with Crippen molar-refractivity contribution in [2.75, 3.05) is 11.1 Å². The van der Waals surface area contributed by atoms with Gasteiger partial charge in [-0.2, -0.15) is 0 Å². The summed E-state index contributed by atoms with van der Waals surface area (Å²) in [4.78, 5) is 12.3. The Bertz CT molecular complexity index is 1020. The van der Waals surface area contributed by atoms with E-state index in [0.717, 1.165) is 22.6 Å². The van der Waals surface area contributed by atoms with Crippen molar-refractivity contribution in [3.63, 3.8) is 0 Å². The third kappa shape index (κ3) is 5.19. The molecule has 0 atom stereocenters. The Labute approximate surface area is 180 Å². The van der Waals surface area contributed by atoms with Crippen molar-refractivity contribution >= 4 is 35.0 Å². The first-order valence-electron chi connectivity index (χ1n) is 9.34. The Hall–Kier alpha value is -2.31. The van der Waals surface area contributed by atoms with Gasteiger partial charge in [0.05, 0.1) is 5.75 Å². The van der Waals surface area contributed by atoms with Crippen molar-refractivity contribution in [2.45, 2.75) is 38.3 Å². The third-order valence-electron chi connectivity index (χ3n) is 4.64. The van der Waals surface area contributed by atoms with E-state index in [4.69, 9.17) is 11.6 Å². The van der Waals surface area contributed by atoms with E-state index in [2.05, 4.69) is 60.6 Å². The predicted molar refractivity (Wildman–Crippen MR) is 121 cm³/mol. The van der Waals surface area contributed by atoms with E-state index >= 15 is 0 Å². The number of anilines is 1. The first kappa shape index (κ1) is 21.4. The molecule has 152 valence electrons. The lowest BCUT2D eigenvalue weighted by molar-refractivity contribution is -0.113. The molecule has 0 fully saturated rings. The topological polar surface area (TPSA) is 59.8 Å². The molecule has 1 aromatic heterocycles. The van der Waals surface area contributed by atoms with Gasteiger partial charge in [0, 0.05) is 23.3 Å². The average molecular weight is 429 g/mol. The molecular weight excluding hydrogens is 404 g/mol. The van der Waals surface area contributed by atoms with Crippen molar-refractivity contribution in [1.29, 1.82) is 0 Å². The average Bonchev–Trinajstić information content (AvgIpc) is 3.02. The molecule has 3 rings (SSSR count). The van der Waals surface area contributed by atoms with Crippen molar-refractivity contribution in [1.82, 2.24) is 14.8 Å². The van der Waals surface area contributed by atoms with Gasteiger partial charge in [-0.05, 0) is 41.7 Å². The van der Waals surface area contributed by atoms with Gasteiger partial charge >= 0.3 is 0 Å². The Morgan fingerprint density at radius 2 is 1.83 bits per heavy atom. The lowest BCUT2D eigenvalue weighted by atomic mass is 9.87. The second-order valence-electron chi connectivity index (χ2n) is 7.99. The maximum Gasteiger partial charge on any atom is 0.234 e. The highest BCUT2D eigenvalue weighted by atomic mass is 35.5. The molecule has 0 bridgehead atoms. The third-order valence-corrected chi connectivity index (χ3v) is 5.89. The molecule has 0 aliphatic heterocycles. The van der Waals surface area contributed by atoms with Crippen molar-refractivity contribution in [2.24, 2.45) is 7.05 Å². The second-order valence-corrected chi connectivity index (χ2v) is 9.37. The van der Waals surface area contributed by atoms with E-state index in [9.17, 15) is 4.79 Å². The van der Waals surface area contributed by atoms with Gasteiger partial charge in [-0.25, -0.2) is 0 Å². The Morgan fingerprint density at radius 1 is 1.14 bits per heavy atom. The molecule has 0 spiro atoms. The Kier molecular flexibility index (Phi) is 6.34. The van der Waals surface area contributed by atoms with Crippen LogP contribution in [0.15, 0.2) is 47.6 Å². The molecule has 1 heterocycles. The molecule has 3 aromatic rings. The van der Waals surface area contributed by atoms with E-state index in [1.807, 2.05) is 30.7 Å². The van der Waals surface area contributed by atoms with Crippen LogP contribution in [0.4, 0.5) is 5.69 Å². The monoisotopic (exact) mass is 428 g/mol. The molecule has 0 saturated carbocycles. The number of hydrogen-bond donors (Lipinski definition) is 1. The van der Waals surface area contributed by atoms with Crippen LogP contribution < -0.4 is 5.32 Å². The fraction of sp³-hybridized carbons (Fsp3) is 0.318. The number of amides is 1. The summed E-state index contributed by atoms with van der Waals surface area (Å²) in [5, 5.41) is 12.8. The molecule has 1 N–H and O–H groups in total. The molecule has 7 heteroatoms. The van der Waals surface area contributed by atoms with Crippen LogP contribution in [-0.4, -0.2) is 26.4 Å². The van der Waals surface area contributed by atoms with Gasteiger partial charge in [0.1, 0.15) is 0 Å². The summed E-state index contributed by atoms with van der Waals surface area (Å²) in [6.07, 6.45) is 0. The van der Waals surface area contributed by atoms with Crippen LogP contribution in [0, 0.1) is 6.92 Å². The van der Waals surface area contributed by atoms with Crippen LogP contribution >= 0.6 is 23.4 Å². The molecule has 0 radical (unpaired) electrons. The fourth-order valence-electron chi connectivity index (χ4n) is 2.89. The van der Waals surface area contributed by atoms with E-state index in [1.165, 1.54) is 17.3 Å². The minimum atomic E-state index is -0.0977. The maximum absolute atomic E-state index is 12.3. The van der Waals surface area contributed by atoms with E-state index in [-0.39, 0.29) is 17.1 Å². The van der Waals surface area contributed by atoms with Crippen LogP contribution in [0.5, 0.6) is 0 Å². The fourth-order valence-corrected chi connectivity index (χ4v) is 3.83. The zero-order valence-electron chi connectivity index (χ0n) is 17.3. The first-order valence-corrected chi connectivity index (χ1v) is 10.7. The number of nitrogens with one attached hydrogen (secondary N) is 1. The molecule has 0 aliphatic rings. The SMILES string of the molecule is Cc1cc(Cl)ccc1NC(=O)CSc1nnc(-c2ccc(C(C)(C)C)cc2)n1C. The number of carbonyl (C=O) groups excluding carboxylic acids is 1. The Balaban J connectivity index is 1.66. The van der Waals surface area contributed by atoms with Crippen molar-refractivity contribution in [3.8, 4) is 11.4 Å². The number of benzene rings is 2. The first-order chi connectivity index (χ1) is 13.6. The maximum atomic E-state index is 12.3. The van der Waals surface area contributed by atoms with Gasteiger partial charge in [0.2, 0.25) is 5.91 Å². The molecule has 1 amide bonds. The number of hydrogen-bond acceptors (Lipinski definition) is 4. The quantitative estimate of drug-likeness (QED) is 0.547. The van der Waals surface area contributed by atoms with Crippen LogP contribution in [0.2, 0.25) is 5.02 Å². The molecule has 5 nitrogen and oxygen atoms in total. The highest BCUT2D eigenvalue weighted by Gasteiger charge is 2.16. The summed E-state index contributed by atoms with van der Waals surface area (Å²) in [5.41, 5.74) is 4.07. The molecule has 0 aliphatic carbocycles. The molecule has 0 unspecified atom stereocenters. The zero-order valence-corrected chi connectivity index (χ0v) is 18.9. The van der Waals surface area contributed by atoms with Crippen LogP contribution in [0.1, 0.15) is 31.9 Å². The molecule has 2 aromatic carbocycles. The molecular formula is C22H25ClN4OS. The summed E-state index contributed by atoms with van der Waals surface area (Å²) in [6, 6.07) is 13.8. The van der Waals surface area contributed by atoms with E-state index in [1.54, 1.807) is 6.07 Å². The lowest BCUT2D eigenvalue weighted by Crippen LogP contribution is -2.15. The lowest BCUT2D eigenvalue weighted by Gasteiger charge is -2.19. The summed E-state index contributed by atoms with van der Waals surface area (Å²) in [7, 11) is 1.91. The minimum Gasteiger partial charge on any atom is -0.325 e. The second kappa shape index (κ2) is 8.59. The molecule has 0 saturated heterocycles. The summed E-state index contributed by atoms with van der Waals surface area (Å²) in [5.74, 6) is 0.929. The van der Waals surface area contributed by atoms with Gasteiger partial charge in [0.15, 0.2) is 11.0 Å². The van der Waals surface area contributed by atoms with Gasteiger partial charge in [0.25, 0.3) is 0 Å². The number of halogens is 1. The Morgan fingerprint density at radius 3 is 2.45 bits per heavy atom. The van der Waals surface area contributed by atoms with Gasteiger partial charge in [-0.1, -0.05) is 68.4 Å². The normalized spacial score (nSPS) is 11.5. The molecule has 29 heavy (non-hydrogen) atoms. The highest BCUT2D eigenvalue weighted by molar-refractivity contribution is 7.99. The van der Waals surface area contributed by atoms with Gasteiger partial charge in [-0.3, -0.25) is 4.79 Å². The highest BCUT2D eigenvalue weighted by Crippen LogP contribution is 2.27. The van der Waals surface area contributed by atoms with Gasteiger partial charge in [-0.15, -0.1) is 10.2 Å². The van der Waals surface area contributed by atoms with Crippen LogP contribution in [0.25, 0.3) is 11.4 Å². The van der Waals surface area contributed by atoms with Gasteiger partial charge < -0.3 is 9.88 Å². The largest absolute Gasteiger partial charge is 0.325 e. The predicted octanol–water partition coefficient (Wildman–Crippen LogP) is 5.47. The zero-order chi connectivity index (χ0) is 21.2. The van der Waals surface area contributed by atoms with Crippen LogP contribution in [0.3, 0.4) is 0 Å².